The van der Waals surface area contributed by atoms with Crippen LogP contribution in [0.2, 0.25) is 0 Å². The van der Waals surface area contributed by atoms with E-state index < -0.39 is 9.84 Å². The van der Waals surface area contributed by atoms with E-state index in [0.717, 1.165) is 5.56 Å². The topological polar surface area (TPSA) is 72.2 Å². The van der Waals surface area contributed by atoms with E-state index in [-0.39, 0.29) is 21.7 Å². The first-order valence-electron chi connectivity index (χ1n) is 8.08. The van der Waals surface area contributed by atoms with E-state index in [1.165, 1.54) is 0 Å². The minimum absolute atomic E-state index is 0.0850. The summed E-state index contributed by atoms with van der Waals surface area (Å²) in [5, 5.41) is 2.99. The molecule has 0 radical (unpaired) electrons. The van der Waals surface area contributed by atoms with E-state index in [2.05, 4.69) is 10.3 Å². The number of anilines is 1. The summed E-state index contributed by atoms with van der Waals surface area (Å²) in [5.41, 5.74) is 0.726. The summed E-state index contributed by atoms with van der Waals surface area (Å²) in [6.07, 6.45) is 0. The van der Waals surface area contributed by atoms with Gasteiger partial charge in [-0.25, -0.2) is 8.42 Å². The van der Waals surface area contributed by atoms with Gasteiger partial charge in [0.1, 0.15) is 0 Å². The Kier molecular flexibility index (Phi) is 4.90. The van der Waals surface area contributed by atoms with Crippen molar-refractivity contribution in [2.75, 3.05) is 11.9 Å². The zero-order valence-corrected chi connectivity index (χ0v) is 15.0. The van der Waals surface area contributed by atoms with Crippen molar-refractivity contribution in [3.63, 3.8) is 0 Å². The maximum atomic E-state index is 13.0. The predicted octanol–water partition coefficient (Wildman–Crippen LogP) is 4.24. The molecule has 3 aromatic rings. The first kappa shape index (κ1) is 17.2. The second-order valence-electron chi connectivity index (χ2n) is 6.11. The second kappa shape index (κ2) is 7.11. The van der Waals surface area contributed by atoms with Crippen LogP contribution >= 0.6 is 0 Å². The Labute approximate surface area is 147 Å². The Bertz CT molecular complexity index is 933. The molecule has 1 heterocycles. The van der Waals surface area contributed by atoms with Gasteiger partial charge in [0.2, 0.25) is 26.6 Å². The quantitative estimate of drug-likeness (QED) is 0.715. The first-order chi connectivity index (χ1) is 12.0. The van der Waals surface area contributed by atoms with Crippen molar-refractivity contribution in [2.24, 2.45) is 5.92 Å². The molecule has 0 fully saturated rings. The van der Waals surface area contributed by atoms with Crippen molar-refractivity contribution in [1.29, 1.82) is 0 Å². The Morgan fingerprint density at radius 3 is 2.20 bits per heavy atom. The van der Waals surface area contributed by atoms with Gasteiger partial charge in [0, 0.05) is 12.1 Å². The summed E-state index contributed by atoms with van der Waals surface area (Å²) in [6, 6.07) is 17.5. The van der Waals surface area contributed by atoms with Gasteiger partial charge in [-0.15, -0.1) is 0 Å². The standard InChI is InChI=1S/C19H20N2O3S/c1-14(2)13-20-18-19(25(22,23)16-11-7-4-8-12-16)21-17(24-18)15-9-5-3-6-10-15/h3-12,14,20H,13H2,1-2H3. The van der Waals surface area contributed by atoms with Crippen LogP contribution in [-0.4, -0.2) is 19.9 Å². The second-order valence-corrected chi connectivity index (χ2v) is 7.98. The van der Waals surface area contributed by atoms with E-state index in [4.69, 9.17) is 4.42 Å². The smallest absolute Gasteiger partial charge is 0.233 e. The first-order valence-corrected chi connectivity index (χ1v) is 9.57. The Morgan fingerprint density at radius 2 is 1.60 bits per heavy atom. The Balaban J connectivity index is 2.09. The normalized spacial score (nSPS) is 11.6. The molecule has 130 valence electrons. The van der Waals surface area contributed by atoms with Crippen LogP contribution in [0, 0.1) is 5.92 Å². The highest BCUT2D eigenvalue weighted by atomic mass is 32.2. The van der Waals surface area contributed by atoms with E-state index in [0.29, 0.717) is 12.5 Å². The van der Waals surface area contributed by atoms with Crippen molar-refractivity contribution >= 4 is 15.7 Å². The van der Waals surface area contributed by atoms with E-state index in [1.807, 2.05) is 44.2 Å². The van der Waals surface area contributed by atoms with Gasteiger partial charge in [0.05, 0.1) is 4.90 Å². The van der Waals surface area contributed by atoms with Crippen molar-refractivity contribution in [3.8, 4) is 11.5 Å². The van der Waals surface area contributed by atoms with Crippen LogP contribution in [-0.2, 0) is 9.84 Å². The van der Waals surface area contributed by atoms with Gasteiger partial charge in [0.15, 0.2) is 0 Å². The lowest BCUT2D eigenvalue weighted by atomic mass is 10.2. The number of hydrogen-bond acceptors (Lipinski definition) is 5. The number of nitrogens with zero attached hydrogens (tertiary/aromatic N) is 1. The van der Waals surface area contributed by atoms with Crippen molar-refractivity contribution in [2.45, 2.75) is 23.8 Å². The lowest BCUT2D eigenvalue weighted by molar-refractivity contribution is 0.567. The summed E-state index contributed by atoms with van der Waals surface area (Å²) in [6.45, 7) is 4.65. The number of hydrogen-bond donors (Lipinski definition) is 1. The molecule has 0 aliphatic carbocycles. The molecule has 0 atom stereocenters. The molecule has 6 heteroatoms. The van der Waals surface area contributed by atoms with Crippen LogP contribution in [0.1, 0.15) is 13.8 Å². The molecule has 0 spiro atoms. The molecule has 0 bridgehead atoms. The van der Waals surface area contributed by atoms with Crippen LogP contribution in [0.4, 0.5) is 5.88 Å². The highest BCUT2D eigenvalue weighted by Crippen LogP contribution is 2.32. The molecule has 0 amide bonds. The molecule has 1 N–H and O–H groups in total. The predicted molar refractivity (Wildman–Crippen MR) is 97.2 cm³/mol. The molecular weight excluding hydrogens is 336 g/mol. The third-order valence-electron chi connectivity index (χ3n) is 3.60. The van der Waals surface area contributed by atoms with Crippen LogP contribution < -0.4 is 5.32 Å². The third-order valence-corrected chi connectivity index (χ3v) is 5.27. The van der Waals surface area contributed by atoms with Gasteiger partial charge in [-0.3, -0.25) is 0 Å². The zero-order chi connectivity index (χ0) is 17.9. The van der Waals surface area contributed by atoms with E-state index in [9.17, 15) is 8.42 Å². The minimum Gasteiger partial charge on any atom is -0.419 e. The average Bonchev–Trinajstić information content (AvgIpc) is 3.07. The maximum absolute atomic E-state index is 13.0. The molecule has 0 saturated heterocycles. The van der Waals surface area contributed by atoms with Gasteiger partial charge in [0.25, 0.3) is 0 Å². The molecule has 0 aliphatic heterocycles. The third kappa shape index (κ3) is 3.74. The van der Waals surface area contributed by atoms with Crippen LogP contribution in [0.25, 0.3) is 11.5 Å². The highest BCUT2D eigenvalue weighted by Gasteiger charge is 2.28. The summed E-state index contributed by atoms with van der Waals surface area (Å²) < 4.78 is 31.7. The van der Waals surface area contributed by atoms with Gasteiger partial charge in [-0.05, 0) is 30.2 Å². The fourth-order valence-corrected chi connectivity index (χ4v) is 3.61. The van der Waals surface area contributed by atoms with E-state index >= 15 is 0 Å². The summed E-state index contributed by atoms with van der Waals surface area (Å²) in [7, 11) is -3.77. The highest BCUT2D eigenvalue weighted by molar-refractivity contribution is 7.91. The van der Waals surface area contributed by atoms with Crippen LogP contribution in [0.3, 0.4) is 0 Å². The SMILES string of the molecule is CC(C)CNc1oc(-c2ccccc2)nc1S(=O)(=O)c1ccccc1. The van der Waals surface area contributed by atoms with Crippen molar-refractivity contribution < 1.29 is 12.8 Å². The van der Waals surface area contributed by atoms with Crippen molar-refractivity contribution in [3.05, 3.63) is 60.7 Å². The monoisotopic (exact) mass is 356 g/mol. The van der Waals surface area contributed by atoms with E-state index in [1.54, 1.807) is 30.3 Å². The van der Waals surface area contributed by atoms with Gasteiger partial charge >= 0.3 is 0 Å². The van der Waals surface area contributed by atoms with Crippen LogP contribution in [0.5, 0.6) is 0 Å². The molecule has 0 aliphatic rings. The Morgan fingerprint density at radius 1 is 1.00 bits per heavy atom. The molecule has 0 saturated carbocycles. The molecule has 3 rings (SSSR count). The van der Waals surface area contributed by atoms with Gasteiger partial charge in [-0.2, -0.15) is 4.98 Å². The maximum Gasteiger partial charge on any atom is 0.233 e. The average molecular weight is 356 g/mol. The Hall–Kier alpha value is -2.60. The number of benzene rings is 2. The molecule has 1 aromatic heterocycles. The number of rotatable bonds is 6. The van der Waals surface area contributed by atoms with Crippen molar-refractivity contribution in [1.82, 2.24) is 4.98 Å². The number of nitrogens with one attached hydrogen (secondary N) is 1. The number of oxazole rings is 1. The molecule has 5 nitrogen and oxygen atoms in total. The fourth-order valence-electron chi connectivity index (χ4n) is 2.31. The van der Waals surface area contributed by atoms with Gasteiger partial charge < -0.3 is 9.73 Å². The number of sulfone groups is 1. The molecule has 25 heavy (non-hydrogen) atoms. The summed E-state index contributed by atoms with van der Waals surface area (Å²) in [5.74, 6) is 0.787. The summed E-state index contributed by atoms with van der Waals surface area (Å²) >= 11 is 0. The lowest BCUT2D eigenvalue weighted by Crippen LogP contribution is -2.11. The van der Waals surface area contributed by atoms with Gasteiger partial charge in [-0.1, -0.05) is 50.2 Å². The molecule has 0 unspecified atom stereocenters. The fraction of sp³-hybridized carbons (Fsp3) is 0.211. The zero-order valence-electron chi connectivity index (χ0n) is 14.1. The largest absolute Gasteiger partial charge is 0.419 e. The lowest BCUT2D eigenvalue weighted by Gasteiger charge is -2.07. The number of aromatic nitrogens is 1. The molecule has 2 aromatic carbocycles. The molecular formula is C19H20N2O3S. The van der Waals surface area contributed by atoms with Crippen LogP contribution in [0.15, 0.2) is 75.0 Å². The summed E-state index contributed by atoms with van der Waals surface area (Å²) in [4.78, 5) is 4.48. The minimum atomic E-state index is -3.77.